The lowest BCUT2D eigenvalue weighted by molar-refractivity contribution is -0.126. The predicted octanol–water partition coefficient (Wildman–Crippen LogP) is 3.70. The lowest BCUT2D eigenvalue weighted by Gasteiger charge is -2.40. The maximum absolute atomic E-state index is 12.1. The van der Waals surface area contributed by atoms with Crippen LogP contribution in [-0.2, 0) is 4.79 Å². The third kappa shape index (κ3) is 4.10. The highest BCUT2D eigenvalue weighted by molar-refractivity contribution is 6.43. The molecule has 2 aliphatic carbocycles. The van der Waals surface area contributed by atoms with Crippen LogP contribution in [0.25, 0.3) is 0 Å². The molecule has 150 valence electrons. The van der Waals surface area contributed by atoms with Gasteiger partial charge in [0.05, 0.1) is 21.8 Å². The normalized spacial score (nSPS) is 26.2. The first-order chi connectivity index (χ1) is 13.5. The second kappa shape index (κ2) is 8.10. The summed E-state index contributed by atoms with van der Waals surface area (Å²) >= 11 is 12.5. The van der Waals surface area contributed by atoms with Crippen molar-refractivity contribution in [1.29, 1.82) is 5.26 Å². The highest BCUT2D eigenvalue weighted by Crippen LogP contribution is 2.45. The van der Waals surface area contributed by atoms with E-state index in [1.165, 1.54) is 6.42 Å². The Kier molecular flexibility index (Phi) is 5.73. The van der Waals surface area contributed by atoms with Gasteiger partial charge in [-0.05, 0) is 56.7 Å². The maximum Gasteiger partial charge on any atom is 0.240 e. The van der Waals surface area contributed by atoms with E-state index in [0.29, 0.717) is 16.0 Å². The van der Waals surface area contributed by atoms with Gasteiger partial charge in [0.1, 0.15) is 5.41 Å². The van der Waals surface area contributed by atoms with Crippen LogP contribution in [0.2, 0.25) is 10.0 Å². The summed E-state index contributed by atoms with van der Waals surface area (Å²) < 4.78 is 0. The highest BCUT2D eigenvalue weighted by atomic mass is 35.5. The smallest absolute Gasteiger partial charge is 0.240 e. The Bertz CT molecular complexity index is 775. The van der Waals surface area contributed by atoms with Crippen LogP contribution < -0.4 is 10.2 Å². The second-order valence-corrected chi connectivity index (χ2v) is 9.18. The molecule has 3 fully saturated rings. The van der Waals surface area contributed by atoms with E-state index in [1.54, 1.807) is 0 Å². The summed E-state index contributed by atoms with van der Waals surface area (Å²) in [6, 6.07) is 8.24. The highest BCUT2D eigenvalue weighted by Gasteiger charge is 2.51. The lowest BCUT2D eigenvalue weighted by atomic mass is 9.78. The number of hydrogen-bond acceptors (Lipinski definition) is 4. The Morgan fingerprint density at radius 2 is 1.93 bits per heavy atom. The topological polar surface area (TPSA) is 59.4 Å². The van der Waals surface area contributed by atoms with Gasteiger partial charge in [-0.25, -0.2) is 0 Å². The zero-order valence-corrected chi connectivity index (χ0v) is 17.5. The van der Waals surface area contributed by atoms with Crippen LogP contribution in [0.1, 0.15) is 32.1 Å². The van der Waals surface area contributed by atoms with Crippen LogP contribution in [0.5, 0.6) is 0 Å². The van der Waals surface area contributed by atoms with E-state index in [9.17, 15) is 4.79 Å². The van der Waals surface area contributed by atoms with Crippen molar-refractivity contribution < 1.29 is 4.79 Å². The predicted molar refractivity (Wildman–Crippen MR) is 112 cm³/mol. The van der Waals surface area contributed by atoms with E-state index in [4.69, 9.17) is 28.5 Å². The van der Waals surface area contributed by atoms with Gasteiger partial charge in [0.25, 0.3) is 0 Å². The van der Waals surface area contributed by atoms with Crippen LogP contribution >= 0.6 is 23.2 Å². The van der Waals surface area contributed by atoms with Crippen molar-refractivity contribution in [3.63, 3.8) is 0 Å². The van der Waals surface area contributed by atoms with E-state index >= 15 is 0 Å². The van der Waals surface area contributed by atoms with Crippen molar-refractivity contribution in [2.45, 2.75) is 38.1 Å². The number of amides is 1. The fourth-order valence-electron chi connectivity index (χ4n) is 4.24. The van der Waals surface area contributed by atoms with E-state index in [1.807, 2.05) is 18.2 Å². The van der Waals surface area contributed by atoms with Crippen molar-refractivity contribution >= 4 is 34.8 Å². The van der Waals surface area contributed by atoms with Crippen molar-refractivity contribution in [2.75, 3.05) is 37.6 Å². The second-order valence-electron chi connectivity index (χ2n) is 8.39. The molecule has 3 aliphatic rings. The third-order valence-corrected chi connectivity index (χ3v) is 7.28. The number of nitrogens with one attached hydrogen (secondary N) is 1. The molecular weight excluding hydrogens is 395 g/mol. The third-order valence-electron chi connectivity index (χ3n) is 6.47. The van der Waals surface area contributed by atoms with Crippen LogP contribution in [0, 0.1) is 22.7 Å². The maximum atomic E-state index is 12.1. The lowest BCUT2D eigenvalue weighted by Crippen LogP contribution is -2.49. The zero-order valence-electron chi connectivity index (χ0n) is 16.0. The molecule has 1 saturated heterocycles. The van der Waals surface area contributed by atoms with Gasteiger partial charge in [-0.1, -0.05) is 29.3 Å². The van der Waals surface area contributed by atoms with Crippen LogP contribution in [-0.4, -0.2) is 49.6 Å². The molecule has 7 heteroatoms. The van der Waals surface area contributed by atoms with E-state index in [2.05, 4.69) is 21.2 Å². The first-order valence-corrected chi connectivity index (χ1v) is 10.9. The molecule has 0 radical (unpaired) electrons. The van der Waals surface area contributed by atoms with Gasteiger partial charge in [0.2, 0.25) is 5.91 Å². The minimum Gasteiger partial charge on any atom is -0.368 e. The molecule has 0 spiro atoms. The molecule has 28 heavy (non-hydrogen) atoms. The Morgan fingerprint density at radius 1 is 1.21 bits per heavy atom. The number of carbonyl (C=O) groups excluding carboxylic acids is 1. The number of halogens is 2. The van der Waals surface area contributed by atoms with Crippen molar-refractivity contribution in [3.8, 4) is 6.07 Å². The molecule has 0 atom stereocenters. The number of carbonyl (C=O) groups is 1. The van der Waals surface area contributed by atoms with Gasteiger partial charge in [0.15, 0.2) is 0 Å². The van der Waals surface area contributed by atoms with E-state index in [0.717, 1.165) is 64.1 Å². The van der Waals surface area contributed by atoms with Crippen LogP contribution in [0.15, 0.2) is 18.2 Å². The molecule has 4 rings (SSSR count). The molecule has 0 aromatic heterocycles. The fraction of sp³-hybridized carbons (Fsp3) is 0.619. The number of piperazine rings is 1. The Labute approximate surface area is 176 Å². The minimum absolute atomic E-state index is 0.0470. The molecule has 1 N–H and O–H groups in total. The molecule has 1 amide bonds. The molecule has 5 nitrogen and oxygen atoms in total. The van der Waals surface area contributed by atoms with Crippen LogP contribution in [0.4, 0.5) is 5.69 Å². The molecule has 1 aliphatic heterocycles. The molecule has 1 aromatic carbocycles. The summed E-state index contributed by atoms with van der Waals surface area (Å²) in [7, 11) is 0. The van der Waals surface area contributed by atoms with Gasteiger partial charge >= 0.3 is 0 Å². The molecular formula is C21H26Cl2N4O. The Balaban J connectivity index is 1.15. The number of benzene rings is 1. The molecule has 1 aromatic rings. The first kappa shape index (κ1) is 19.8. The summed E-state index contributed by atoms with van der Waals surface area (Å²) in [6.07, 6.45) is 4.71. The average molecular weight is 421 g/mol. The van der Waals surface area contributed by atoms with Crippen molar-refractivity contribution in [3.05, 3.63) is 28.2 Å². The number of hydrogen-bond donors (Lipinski definition) is 1. The van der Waals surface area contributed by atoms with Gasteiger partial charge in [-0.3, -0.25) is 9.69 Å². The first-order valence-electron chi connectivity index (χ1n) is 10.1. The average Bonchev–Trinajstić information content (AvgIpc) is 3.47. The summed E-state index contributed by atoms with van der Waals surface area (Å²) in [6.45, 7) is 5.07. The van der Waals surface area contributed by atoms with Crippen molar-refractivity contribution in [1.82, 2.24) is 10.2 Å². The summed E-state index contributed by atoms with van der Waals surface area (Å²) in [5, 5.41) is 13.4. The quantitative estimate of drug-likeness (QED) is 0.761. The summed E-state index contributed by atoms with van der Waals surface area (Å²) in [5.74, 6) is 0.636. The Morgan fingerprint density at radius 3 is 2.57 bits per heavy atom. The van der Waals surface area contributed by atoms with E-state index in [-0.39, 0.29) is 11.9 Å². The monoisotopic (exact) mass is 420 g/mol. The summed E-state index contributed by atoms with van der Waals surface area (Å²) in [5.41, 5.74) is 0.327. The summed E-state index contributed by atoms with van der Waals surface area (Å²) in [4.78, 5) is 16.9. The van der Waals surface area contributed by atoms with Crippen molar-refractivity contribution in [2.24, 2.45) is 11.3 Å². The zero-order chi connectivity index (χ0) is 19.7. The van der Waals surface area contributed by atoms with Gasteiger partial charge < -0.3 is 10.2 Å². The fourth-order valence-corrected chi connectivity index (χ4v) is 4.66. The van der Waals surface area contributed by atoms with Gasteiger partial charge in [0, 0.05) is 32.2 Å². The molecule has 0 unspecified atom stereocenters. The number of rotatable bonds is 6. The SMILES string of the molecule is N#CC1(C(=O)N[C@H]2C[C@H](CCN3CCN(c4cccc(Cl)c4Cl)CC3)C2)CC1. The Hall–Kier alpha value is -1.48. The standard InChI is InChI=1S/C21H26Cl2N4O/c22-17-2-1-3-18(19(17)23)27-10-8-26(9-11-27)7-4-15-12-16(13-15)25-20(28)21(14-24)5-6-21/h1-3,15-16H,4-13H2,(H,25,28)/t15-,16-. The van der Waals surface area contributed by atoms with Crippen LogP contribution in [0.3, 0.4) is 0 Å². The van der Waals surface area contributed by atoms with Gasteiger partial charge in [-0.15, -0.1) is 0 Å². The van der Waals surface area contributed by atoms with E-state index < -0.39 is 5.41 Å². The molecule has 0 bridgehead atoms. The minimum atomic E-state index is -0.698. The molecule has 1 heterocycles. The number of nitriles is 1. The number of nitrogens with zero attached hydrogens (tertiary/aromatic N) is 3. The van der Waals surface area contributed by atoms with Gasteiger partial charge in [-0.2, -0.15) is 5.26 Å². The number of anilines is 1. The molecule has 2 saturated carbocycles. The largest absolute Gasteiger partial charge is 0.368 e.